The molecule has 2 N–H and O–H groups in total. The Morgan fingerprint density at radius 1 is 1.28 bits per heavy atom. The van der Waals surface area contributed by atoms with Gasteiger partial charge in [-0.25, -0.2) is 4.79 Å². The second-order valence-corrected chi connectivity index (χ2v) is 7.13. The highest BCUT2D eigenvalue weighted by atomic mass is 16.5. The van der Waals surface area contributed by atoms with Crippen molar-refractivity contribution in [1.82, 2.24) is 0 Å². The summed E-state index contributed by atoms with van der Waals surface area (Å²) < 4.78 is 16.2. The number of rotatable bonds is 5. The van der Waals surface area contributed by atoms with E-state index in [2.05, 4.69) is 0 Å². The number of furan rings is 1. The van der Waals surface area contributed by atoms with E-state index >= 15 is 0 Å². The number of aromatic hydroxyl groups is 2. The number of carbonyl (C=O) groups is 2. The summed E-state index contributed by atoms with van der Waals surface area (Å²) in [6.07, 6.45) is 5.33. The zero-order valence-electron chi connectivity index (χ0n) is 17.0. The molecule has 0 radical (unpaired) electrons. The van der Waals surface area contributed by atoms with Gasteiger partial charge in [-0.05, 0) is 26.7 Å². The van der Waals surface area contributed by atoms with E-state index in [9.17, 15) is 19.8 Å². The standard InChI is InChI=1S/C22H24O7/c1-6-10(2)21(25)28-9-13-7-8-14-15(11(13)3)18(24)17-16(12(4)23)22(26)29-20(17)19(14)27-5/h6-8,11,13,24,26H,9H2,1-5H3/b10-6-. The number of phenols is 1. The van der Waals surface area contributed by atoms with Crippen molar-refractivity contribution in [3.63, 3.8) is 0 Å². The van der Waals surface area contributed by atoms with Gasteiger partial charge in [0.25, 0.3) is 5.95 Å². The van der Waals surface area contributed by atoms with Crippen LogP contribution in [0.1, 0.15) is 55.1 Å². The third-order valence-corrected chi connectivity index (χ3v) is 5.45. The first kappa shape index (κ1) is 20.5. The Kier molecular flexibility index (Phi) is 5.42. The Labute approximate surface area is 168 Å². The lowest BCUT2D eigenvalue weighted by Crippen LogP contribution is -2.21. The van der Waals surface area contributed by atoms with Crippen LogP contribution in [0.2, 0.25) is 0 Å². The van der Waals surface area contributed by atoms with Crippen LogP contribution < -0.4 is 4.74 Å². The topological polar surface area (TPSA) is 106 Å². The number of hydrogen-bond acceptors (Lipinski definition) is 7. The Morgan fingerprint density at radius 3 is 2.55 bits per heavy atom. The number of ketones is 1. The predicted molar refractivity (Wildman–Crippen MR) is 107 cm³/mol. The number of hydrogen-bond donors (Lipinski definition) is 2. The minimum atomic E-state index is -0.563. The smallest absolute Gasteiger partial charge is 0.333 e. The van der Waals surface area contributed by atoms with Crippen molar-refractivity contribution < 1.29 is 33.7 Å². The highest BCUT2D eigenvalue weighted by molar-refractivity contribution is 6.12. The van der Waals surface area contributed by atoms with Crippen molar-refractivity contribution in [2.45, 2.75) is 33.6 Å². The van der Waals surface area contributed by atoms with Gasteiger partial charge in [0.2, 0.25) is 0 Å². The maximum absolute atomic E-state index is 12.0. The van der Waals surface area contributed by atoms with Gasteiger partial charge in [0, 0.05) is 22.6 Å². The molecule has 1 aromatic heterocycles. The second kappa shape index (κ2) is 7.66. The summed E-state index contributed by atoms with van der Waals surface area (Å²) in [4.78, 5) is 24.0. The quantitative estimate of drug-likeness (QED) is 0.437. The fourth-order valence-electron chi connectivity index (χ4n) is 3.67. The molecule has 154 valence electrons. The van der Waals surface area contributed by atoms with Crippen molar-refractivity contribution in [2.75, 3.05) is 13.7 Å². The number of phenolic OH excluding ortho intramolecular Hbond substituents is 1. The van der Waals surface area contributed by atoms with Crippen LogP contribution in [0.15, 0.2) is 22.1 Å². The molecule has 29 heavy (non-hydrogen) atoms. The van der Waals surface area contributed by atoms with Crippen LogP contribution in [-0.4, -0.2) is 35.7 Å². The van der Waals surface area contributed by atoms with E-state index in [1.54, 1.807) is 26.0 Å². The minimum Gasteiger partial charge on any atom is -0.507 e. The molecule has 1 aliphatic carbocycles. The van der Waals surface area contributed by atoms with E-state index in [0.29, 0.717) is 22.4 Å². The number of esters is 1. The number of methoxy groups -OCH3 is 1. The molecule has 0 bridgehead atoms. The van der Waals surface area contributed by atoms with Crippen molar-refractivity contribution >= 4 is 28.8 Å². The third kappa shape index (κ3) is 3.26. The molecule has 0 spiro atoms. The Hall–Kier alpha value is -3.22. The Bertz CT molecular complexity index is 1060. The number of allylic oxidation sites excluding steroid dienone is 1. The van der Waals surface area contributed by atoms with Crippen molar-refractivity contribution in [3.8, 4) is 17.4 Å². The molecular formula is C22H24O7. The second-order valence-electron chi connectivity index (χ2n) is 7.13. The molecule has 0 amide bonds. The molecule has 2 aromatic rings. The molecule has 1 heterocycles. The highest BCUT2D eigenvalue weighted by Gasteiger charge is 2.34. The van der Waals surface area contributed by atoms with Crippen LogP contribution in [0.25, 0.3) is 17.0 Å². The molecular weight excluding hydrogens is 376 g/mol. The van der Waals surface area contributed by atoms with Gasteiger partial charge in [-0.3, -0.25) is 4.79 Å². The lowest BCUT2D eigenvalue weighted by molar-refractivity contribution is -0.140. The molecule has 2 unspecified atom stereocenters. The summed E-state index contributed by atoms with van der Waals surface area (Å²) in [5, 5.41) is 21.2. The number of carbonyl (C=O) groups excluding carboxylic acids is 2. The van der Waals surface area contributed by atoms with Crippen molar-refractivity contribution in [1.29, 1.82) is 0 Å². The van der Waals surface area contributed by atoms with E-state index in [-0.39, 0.29) is 40.7 Å². The molecule has 2 atom stereocenters. The van der Waals surface area contributed by atoms with E-state index < -0.39 is 17.7 Å². The van der Waals surface area contributed by atoms with Crippen LogP contribution in [0, 0.1) is 5.92 Å². The van der Waals surface area contributed by atoms with Crippen LogP contribution in [0.5, 0.6) is 17.4 Å². The normalized spacial score (nSPS) is 18.6. The fourth-order valence-corrected chi connectivity index (χ4v) is 3.67. The average Bonchev–Trinajstić information content (AvgIpc) is 3.04. The fraction of sp³-hybridized carbons (Fsp3) is 0.364. The summed E-state index contributed by atoms with van der Waals surface area (Å²) in [5.41, 5.74) is 1.68. The van der Waals surface area contributed by atoms with Crippen LogP contribution >= 0.6 is 0 Å². The maximum Gasteiger partial charge on any atom is 0.333 e. The molecule has 1 aromatic carbocycles. The summed E-state index contributed by atoms with van der Waals surface area (Å²) >= 11 is 0. The van der Waals surface area contributed by atoms with Gasteiger partial charge in [-0.2, -0.15) is 0 Å². The summed E-state index contributed by atoms with van der Waals surface area (Å²) in [7, 11) is 1.45. The number of fused-ring (bicyclic) bond motifs is 2. The van der Waals surface area contributed by atoms with Crippen molar-refractivity contribution in [3.05, 3.63) is 34.4 Å². The summed E-state index contributed by atoms with van der Waals surface area (Å²) in [6, 6.07) is 0. The Morgan fingerprint density at radius 2 is 1.97 bits per heavy atom. The van der Waals surface area contributed by atoms with Gasteiger partial charge in [0.1, 0.15) is 11.3 Å². The van der Waals surface area contributed by atoms with Crippen LogP contribution in [0.3, 0.4) is 0 Å². The first-order valence-electron chi connectivity index (χ1n) is 9.30. The third-order valence-electron chi connectivity index (χ3n) is 5.45. The zero-order valence-corrected chi connectivity index (χ0v) is 17.0. The van der Waals surface area contributed by atoms with E-state index in [1.807, 2.05) is 13.0 Å². The zero-order chi connectivity index (χ0) is 21.5. The summed E-state index contributed by atoms with van der Waals surface area (Å²) in [6.45, 7) is 6.75. The minimum absolute atomic E-state index is 0.0907. The SMILES string of the molecule is C/C=C(/C)C(=O)OCC1C=Cc2c(c(O)c3c(C(C)=O)c(O)oc3c2OC)C1C. The van der Waals surface area contributed by atoms with Crippen molar-refractivity contribution in [2.24, 2.45) is 5.92 Å². The average molecular weight is 400 g/mol. The van der Waals surface area contributed by atoms with Gasteiger partial charge in [0.15, 0.2) is 17.1 Å². The van der Waals surface area contributed by atoms with Gasteiger partial charge in [0.05, 0.1) is 19.1 Å². The number of benzene rings is 1. The van der Waals surface area contributed by atoms with Gasteiger partial charge in [-0.15, -0.1) is 0 Å². The molecule has 0 saturated carbocycles. The molecule has 7 heteroatoms. The van der Waals surface area contributed by atoms with Gasteiger partial charge >= 0.3 is 5.97 Å². The number of Topliss-reactive ketones (excluding diaryl/α,β-unsaturated/α-hetero) is 1. The lowest BCUT2D eigenvalue weighted by atomic mass is 9.79. The van der Waals surface area contributed by atoms with E-state index in [1.165, 1.54) is 14.0 Å². The molecule has 3 rings (SSSR count). The monoisotopic (exact) mass is 400 g/mol. The number of ether oxygens (including phenoxy) is 2. The van der Waals surface area contributed by atoms with Crippen LogP contribution in [-0.2, 0) is 9.53 Å². The largest absolute Gasteiger partial charge is 0.507 e. The lowest BCUT2D eigenvalue weighted by Gasteiger charge is -2.28. The highest BCUT2D eigenvalue weighted by Crippen LogP contribution is 2.51. The summed E-state index contributed by atoms with van der Waals surface area (Å²) in [5.74, 6) is -1.66. The first-order chi connectivity index (χ1) is 13.7. The molecule has 0 aliphatic heterocycles. The van der Waals surface area contributed by atoms with E-state index in [4.69, 9.17) is 13.9 Å². The van der Waals surface area contributed by atoms with Gasteiger partial charge in [-0.1, -0.05) is 25.2 Å². The predicted octanol–water partition coefficient (Wildman–Crippen LogP) is 4.31. The molecule has 0 saturated heterocycles. The Balaban J connectivity index is 2.11. The van der Waals surface area contributed by atoms with Crippen LogP contribution in [0.4, 0.5) is 0 Å². The molecule has 1 aliphatic rings. The maximum atomic E-state index is 12.0. The van der Waals surface area contributed by atoms with Gasteiger partial charge < -0.3 is 24.1 Å². The first-order valence-corrected chi connectivity index (χ1v) is 9.30. The molecule has 0 fully saturated rings. The van der Waals surface area contributed by atoms with E-state index in [0.717, 1.165) is 0 Å². The molecule has 7 nitrogen and oxygen atoms in total.